The molecule has 0 saturated heterocycles. The van der Waals surface area contributed by atoms with Gasteiger partial charge in [-0.2, -0.15) is 0 Å². The van der Waals surface area contributed by atoms with Crippen molar-refractivity contribution in [2.45, 2.75) is 12.6 Å². The lowest BCUT2D eigenvalue weighted by Crippen LogP contribution is -2.12. The fraction of sp³-hybridized carbons (Fsp3) is 0.250. The van der Waals surface area contributed by atoms with Gasteiger partial charge in [0, 0.05) is 18.1 Å². The van der Waals surface area contributed by atoms with E-state index in [0.717, 1.165) is 0 Å². The third-order valence-electron chi connectivity index (χ3n) is 1.91. The summed E-state index contributed by atoms with van der Waals surface area (Å²) in [4.78, 5) is 0. The smallest absolute Gasteiger partial charge is 0.0103 e. The van der Waals surface area contributed by atoms with E-state index in [1.165, 1.54) is 6.04 Å². The zero-order chi connectivity index (χ0) is 7.94. The Balaban J connectivity index is 2.28. The highest BCUT2D eigenvalue weighted by Gasteiger charge is 1.90. The van der Waals surface area contributed by atoms with Gasteiger partial charge in [-0.25, -0.2) is 0 Å². The monoisotopic (exact) mass is 196 g/mol. The molecule has 0 spiro atoms. The molecule has 0 fully saturated rings. The van der Waals surface area contributed by atoms with Crippen LogP contribution in [0.5, 0.6) is 0 Å². The van der Waals surface area contributed by atoms with Gasteiger partial charge in [-0.1, -0.05) is 42.4 Å². The lowest BCUT2D eigenvalue weighted by Gasteiger charge is -1.96. The molecule has 0 amide bonds. The molecule has 1 aromatic carbocycles. The molecular weight excluding hydrogens is 180 g/mol. The third kappa shape index (κ3) is 3.69. The fourth-order valence-corrected chi connectivity index (χ4v) is 12.9. The zero-order valence-electron chi connectivity index (χ0n) is 7.22. The predicted octanol–water partition coefficient (Wildman–Crippen LogP) is -0.429. The van der Waals surface area contributed by atoms with Crippen LogP contribution in [-0.4, -0.2) is 26.6 Å². The van der Waals surface area contributed by atoms with E-state index in [9.17, 15) is 0 Å². The Morgan fingerprint density at radius 1 is 1.18 bits per heavy atom. The Hall–Kier alpha value is -0.129. The van der Waals surface area contributed by atoms with Crippen LogP contribution in [0.2, 0.25) is 6.55 Å². The van der Waals surface area contributed by atoms with Crippen molar-refractivity contribution in [2.24, 2.45) is 0 Å². The van der Waals surface area contributed by atoms with Gasteiger partial charge >= 0.3 is 0 Å². The standard InChI is InChI=1S/C8H16Si3/c1-9-11-10-7-8-5-3-2-4-6-8/h2-6H,7,9-11H2,1H3. The molecule has 0 heterocycles. The van der Waals surface area contributed by atoms with Crippen molar-refractivity contribution in [1.82, 2.24) is 0 Å². The van der Waals surface area contributed by atoms with Crippen molar-refractivity contribution in [3.8, 4) is 0 Å². The second-order valence-electron chi connectivity index (χ2n) is 2.94. The molecule has 0 atom stereocenters. The molecule has 0 unspecified atom stereocenters. The number of hydrogen-bond donors (Lipinski definition) is 0. The van der Waals surface area contributed by atoms with E-state index in [1.807, 2.05) is 0 Å². The summed E-state index contributed by atoms with van der Waals surface area (Å²) >= 11 is 0. The molecule has 0 radical (unpaired) electrons. The van der Waals surface area contributed by atoms with Crippen molar-refractivity contribution in [1.29, 1.82) is 0 Å². The van der Waals surface area contributed by atoms with Crippen LogP contribution in [0.3, 0.4) is 0 Å². The fourth-order valence-electron chi connectivity index (χ4n) is 1.22. The Morgan fingerprint density at radius 3 is 2.55 bits per heavy atom. The van der Waals surface area contributed by atoms with Gasteiger partial charge in [0.1, 0.15) is 0 Å². The third-order valence-corrected chi connectivity index (χ3v) is 19.6. The van der Waals surface area contributed by atoms with Gasteiger partial charge < -0.3 is 0 Å². The number of rotatable bonds is 4. The molecule has 1 rings (SSSR count). The maximum Gasteiger partial charge on any atom is 0.0103 e. The van der Waals surface area contributed by atoms with Crippen LogP contribution in [-0.2, 0) is 6.04 Å². The molecular formula is C8H16Si3. The van der Waals surface area contributed by atoms with Gasteiger partial charge in [0.2, 0.25) is 0 Å². The van der Waals surface area contributed by atoms with Crippen LogP contribution < -0.4 is 0 Å². The van der Waals surface area contributed by atoms with Crippen molar-refractivity contribution in [3.05, 3.63) is 35.9 Å². The highest BCUT2D eigenvalue weighted by molar-refractivity contribution is 7.28. The first-order valence-electron chi connectivity index (χ1n) is 4.47. The van der Waals surface area contributed by atoms with E-state index in [2.05, 4.69) is 36.9 Å². The molecule has 0 aliphatic heterocycles. The SMILES string of the molecule is C[SiH2][SiH2][SiH2]Cc1ccccc1. The lowest BCUT2D eigenvalue weighted by atomic mass is 10.2. The Bertz CT molecular complexity index is 186. The molecule has 0 aliphatic carbocycles. The van der Waals surface area contributed by atoms with E-state index in [0.29, 0.717) is 26.6 Å². The summed E-state index contributed by atoms with van der Waals surface area (Å²) in [5, 5.41) is 0. The summed E-state index contributed by atoms with van der Waals surface area (Å²) < 4.78 is 0. The minimum atomic E-state index is 0.414. The van der Waals surface area contributed by atoms with Crippen LogP contribution >= 0.6 is 0 Å². The number of hydrogen-bond acceptors (Lipinski definition) is 0. The van der Waals surface area contributed by atoms with Gasteiger partial charge in [0.25, 0.3) is 0 Å². The second-order valence-corrected chi connectivity index (χ2v) is 19.5. The minimum absolute atomic E-state index is 0.414. The van der Waals surface area contributed by atoms with Gasteiger partial charge in [-0.05, 0) is 14.6 Å². The first-order valence-corrected chi connectivity index (χ1v) is 14.9. The Kier molecular flexibility index (Phi) is 4.49. The van der Waals surface area contributed by atoms with Gasteiger partial charge in [0.05, 0.1) is 0 Å². The summed E-state index contributed by atoms with van der Waals surface area (Å²) in [5.41, 5.74) is 1.59. The van der Waals surface area contributed by atoms with Crippen LogP contribution in [0.1, 0.15) is 5.56 Å². The molecule has 0 bridgehead atoms. The zero-order valence-corrected chi connectivity index (χ0v) is 11.5. The summed E-state index contributed by atoms with van der Waals surface area (Å²) in [7, 11) is 1.47. The average Bonchev–Trinajstić information content (AvgIpc) is 2.07. The van der Waals surface area contributed by atoms with E-state index in [4.69, 9.17) is 0 Å². The average molecular weight is 196 g/mol. The number of benzene rings is 1. The highest BCUT2D eigenvalue weighted by atomic mass is 29.5. The van der Waals surface area contributed by atoms with Crippen LogP contribution in [0.15, 0.2) is 30.3 Å². The largest absolute Gasteiger partial charge is 0.0773 e. The highest BCUT2D eigenvalue weighted by Crippen LogP contribution is 1.97. The van der Waals surface area contributed by atoms with Crippen LogP contribution in [0.25, 0.3) is 0 Å². The summed E-state index contributed by atoms with van der Waals surface area (Å²) in [6, 6.07) is 12.5. The summed E-state index contributed by atoms with van der Waals surface area (Å²) in [6.07, 6.45) is 0. The molecule has 1 aromatic rings. The minimum Gasteiger partial charge on any atom is -0.0773 e. The van der Waals surface area contributed by atoms with Crippen molar-refractivity contribution in [2.75, 3.05) is 0 Å². The van der Waals surface area contributed by atoms with Crippen LogP contribution in [0, 0.1) is 0 Å². The normalized spacial score (nSPS) is 13.2. The topological polar surface area (TPSA) is 0 Å². The van der Waals surface area contributed by atoms with Crippen molar-refractivity contribution < 1.29 is 0 Å². The van der Waals surface area contributed by atoms with E-state index >= 15 is 0 Å². The molecule has 0 aliphatic rings. The van der Waals surface area contributed by atoms with Gasteiger partial charge in [-0.3, -0.25) is 0 Å². The maximum atomic E-state index is 2.48. The maximum absolute atomic E-state index is 2.48. The quantitative estimate of drug-likeness (QED) is 0.453. The van der Waals surface area contributed by atoms with E-state index < -0.39 is 0 Å². The first-order chi connectivity index (χ1) is 5.43. The van der Waals surface area contributed by atoms with Crippen LogP contribution in [0.4, 0.5) is 0 Å². The summed E-state index contributed by atoms with van der Waals surface area (Å²) in [6.45, 7) is 2.48. The lowest BCUT2D eigenvalue weighted by molar-refractivity contribution is 1.40. The van der Waals surface area contributed by atoms with Crippen molar-refractivity contribution in [3.63, 3.8) is 0 Å². The Labute approximate surface area is 75.5 Å². The molecule has 11 heavy (non-hydrogen) atoms. The second kappa shape index (κ2) is 5.51. The van der Waals surface area contributed by atoms with Gasteiger partial charge in [0.15, 0.2) is 0 Å². The molecule has 0 saturated carbocycles. The molecule has 0 aromatic heterocycles. The van der Waals surface area contributed by atoms with Crippen molar-refractivity contribution >= 4 is 26.6 Å². The predicted molar refractivity (Wildman–Crippen MR) is 61.6 cm³/mol. The molecule has 60 valence electrons. The first kappa shape index (κ1) is 8.96. The van der Waals surface area contributed by atoms with E-state index in [-0.39, 0.29) is 0 Å². The molecule has 3 heteroatoms. The molecule has 0 N–H and O–H groups in total. The van der Waals surface area contributed by atoms with E-state index in [1.54, 1.807) is 5.56 Å². The van der Waals surface area contributed by atoms with Gasteiger partial charge in [-0.15, -0.1) is 0 Å². The molecule has 0 nitrogen and oxygen atoms in total. The summed E-state index contributed by atoms with van der Waals surface area (Å²) in [5.74, 6) is 0. The Morgan fingerprint density at radius 2 is 1.91 bits per heavy atom.